The summed E-state index contributed by atoms with van der Waals surface area (Å²) in [5.41, 5.74) is 0.930. The van der Waals surface area contributed by atoms with Gasteiger partial charge >= 0.3 is 5.97 Å². The minimum atomic E-state index is -1.05. The molecule has 20 heavy (non-hydrogen) atoms. The van der Waals surface area contributed by atoms with E-state index in [1.807, 2.05) is 6.92 Å². The Balaban J connectivity index is 2.12. The van der Waals surface area contributed by atoms with E-state index >= 15 is 0 Å². The third kappa shape index (κ3) is 3.10. The molecule has 1 atom stereocenters. The van der Waals surface area contributed by atoms with Crippen LogP contribution >= 0.6 is 0 Å². The van der Waals surface area contributed by atoms with Crippen molar-refractivity contribution in [1.82, 2.24) is 4.90 Å². The second-order valence-corrected chi connectivity index (χ2v) is 5.10. The summed E-state index contributed by atoms with van der Waals surface area (Å²) in [6.07, 6.45) is 1.36. The summed E-state index contributed by atoms with van der Waals surface area (Å²) in [4.78, 5) is 25.1. The Bertz CT molecular complexity index is 521. The van der Waals surface area contributed by atoms with Crippen LogP contribution in [-0.4, -0.2) is 41.1 Å². The van der Waals surface area contributed by atoms with Crippen LogP contribution in [0.2, 0.25) is 0 Å². The topological polar surface area (TPSA) is 66.8 Å². The van der Waals surface area contributed by atoms with Crippen LogP contribution in [0.15, 0.2) is 18.2 Å². The number of amides is 1. The highest BCUT2D eigenvalue weighted by Gasteiger charge is 2.25. The number of carbonyl (C=O) groups is 2. The zero-order valence-corrected chi connectivity index (χ0v) is 11.8. The maximum atomic E-state index is 12.2. The minimum absolute atomic E-state index is 0.0839. The van der Waals surface area contributed by atoms with Gasteiger partial charge in [0.1, 0.15) is 11.3 Å². The molecule has 2 rings (SSSR count). The SMILES string of the molecule is Cc1ccc(OC(C)C(=O)N2CCCC2)c(C(=O)O)c1. The van der Waals surface area contributed by atoms with Crippen molar-refractivity contribution in [1.29, 1.82) is 0 Å². The van der Waals surface area contributed by atoms with Crippen LogP contribution in [-0.2, 0) is 4.79 Å². The molecule has 1 fully saturated rings. The van der Waals surface area contributed by atoms with Crippen LogP contribution < -0.4 is 4.74 Å². The Morgan fingerprint density at radius 1 is 1.30 bits per heavy atom. The lowest BCUT2D eigenvalue weighted by molar-refractivity contribution is -0.136. The Labute approximate surface area is 118 Å². The van der Waals surface area contributed by atoms with Gasteiger partial charge in [-0.05, 0) is 38.8 Å². The van der Waals surface area contributed by atoms with E-state index in [2.05, 4.69) is 0 Å². The fraction of sp³-hybridized carbons (Fsp3) is 0.467. The third-order valence-corrected chi connectivity index (χ3v) is 3.43. The predicted molar refractivity (Wildman–Crippen MR) is 74.0 cm³/mol. The first-order chi connectivity index (χ1) is 9.49. The van der Waals surface area contributed by atoms with E-state index in [1.165, 1.54) is 0 Å². The summed E-state index contributed by atoms with van der Waals surface area (Å²) in [6, 6.07) is 4.92. The second-order valence-electron chi connectivity index (χ2n) is 5.10. The van der Waals surface area contributed by atoms with Crippen molar-refractivity contribution in [2.75, 3.05) is 13.1 Å². The number of benzene rings is 1. The average molecular weight is 277 g/mol. The summed E-state index contributed by atoms with van der Waals surface area (Å²) < 4.78 is 5.56. The van der Waals surface area contributed by atoms with Crippen LogP contribution in [0.3, 0.4) is 0 Å². The number of carboxylic acid groups (broad SMARTS) is 1. The standard InChI is InChI=1S/C15H19NO4/c1-10-5-6-13(12(9-10)15(18)19)20-11(2)14(17)16-7-3-4-8-16/h5-6,9,11H,3-4,7-8H2,1-2H3,(H,18,19). The lowest BCUT2D eigenvalue weighted by Gasteiger charge is -2.22. The van der Waals surface area contributed by atoms with Crippen LogP contribution in [0.4, 0.5) is 0 Å². The van der Waals surface area contributed by atoms with Gasteiger partial charge in [-0.1, -0.05) is 11.6 Å². The molecule has 0 radical (unpaired) electrons. The molecule has 0 bridgehead atoms. The molecular weight excluding hydrogens is 258 g/mol. The van der Waals surface area contributed by atoms with Crippen LogP contribution in [0.5, 0.6) is 5.75 Å². The molecule has 5 heteroatoms. The monoisotopic (exact) mass is 277 g/mol. The van der Waals surface area contributed by atoms with Gasteiger partial charge in [0.15, 0.2) is 6.10 Å². The van der Waals surface area contributed by atoms with Crippen LogP contribution in [0, 0.1) is 6.92 Å². The van der Waals surface area contributed by atoms with E-state index in [0.717, 1.165) is 31.5 Å². The van der Waals surface area contributed by atoms with Crippen molar-refractivity contribution in [3.8, 4) is 5.75 Å². The van der Waals surface area contributed by atoms with E-state index in [9.17, 15) is 14.7 Å². The molecule has 0 aliphatic carbocycles. The van der Waals surface area contributed by atoms with Gasteiger partial charge in [-0.25, -0.2) is 4.79 Å². The molecule has 1 aromatic carbocycles. The summed E-state index contributed by atoms with van der Waals surface area (Å²) >= 11 is 0. The molecule has 108 valence electrons. The Hall–Kier alpha value is -2.04. The molecule has 1 amide bonds. The van der Waals surface area contributed by atoms with E-state index in [1.54, 1.807) is 30.0 Å². The number of hydrogen-bond acceptors (Lipinski definition) is 3. The number of aromatic carboxylic acids is 1. The second kappa shape index (κ2) is 5.94. The zero-order valence-electron chi connectivity index (χ0n) is 11.8. The molecule has 1 aliphatic rings. The van der Waals surface area contributed by atoms with E-state index in [4.69, 9.17) is 4.74 Å². The maximum absolute atomic E-state index is 12.2. The molecule has 1 unspecified atom stereocenters. The van der Waals surface area contributed by atoms with Crippen molar-refractivity contribution in [2.45, 2.75) is 32.8 Å². The number of hydrogen-bond donors (Lipinski definition) is 1. The normalized spacial score (nSPS) is 16.0. The quantitative estimate of drug-likeness (QED) is 0.915. The molecule has 0 aromatic heterocycles. The maximum Gasteiger partial charge on any atom is 0.339 e. The van der Waals surface area contributed by atoms with Crippen LogP contribution in [0.1, 0.15) is 35.7 Å². The largest absolute Gasteiger partial charge is 0.480 e. The first-order valence-corrected chi connectivity index (χ1v) is 6.78. The first kappa shape index (κ1) is 14.4. The Kier molecular flexibility index (Phi) is 4.27. The lowest BCUT2D eigenvalue weighted by atomic mass is 10.1. The molecule has 1 saturated heterocycles. The van der Waals surface area contributed by atoms with Crippen LogP contribution in [0.25, 0.3) is 0 Å². The summed E-state index contributed by atoms with van der Waals surface area (Å²) in [5.74, 6) is -0.896. The number of nitrogens with zero attached hydrogens (tertiary/aromatic N) is 1. The first-order valence-electron chi connectivity index (χ1n) is 6.78. The van der Waals surface area contributed by atoms with E-state index in [0.29, 0.717) is 0 Å². The van der Waals surface area contributed by atoms with E-state index in [-0.39, 0.29) is 17.2 Å². The number of ether oxygens (including phenoxy) is 1. The average Bonchev–Trinajstić information content (AvgIpc) is 2.93. The Morgan fingerprint density at radius 2 is 1.95 bits per heavy atom. The van der Waals surface area contributed by atoms with E-state index < -0.39 is 12.1 Å². The van der Waals surface area contributed by atoms with Gasteiger partial charge in [0.05, 0.1) is 0 Å². The third-order valence-electron chi connectivity index (χ3n) is 3.43. The highest BCUT2D eigenvalue weighted by molar-refractivity contribution is 5.91. The molecule has 0 spiro atoms. The smallest absolute Gasteiger partial charge is 0.339 e. The van der Waals surface area contributed by atoms with Gasteiger partial charge in [-0.15, -0.1) is 0 Å². The number of likely N-dealkylation sites (tertiary alicyclic amines) is 1. The van der Waals surface area contributed by atoms with Crippen molar-refractivity contribution in [3.05, 3.63) is 29.3 Å². The van der Waals surface area contributed by atoms with Crippen molar-refractivity contribution < 1.29 is 19.4 Å². The molecule has 1 N–H and O–H groups in total. The fourth-order valence-corrected chi connectivity index (χ4v) is 2.35. The van der Waals surface area contributed by atoms with Gasteiger partial charge in [-0.2, -0.15) is 0 Å². The lowest BCUT2D eigenvalue weighted by Crippen LogP contribution is -2.38. The molecule has 1 aliphatic heterocycles. The van der Waals surface area contributed by atoms with Crippen molar-refractivity contribution >= 4 is 11.9 Å². The molecular formula is C15H19NO4. The highest BCUT2D eigenvalue weighted by atomic mass is 16.5. The number of aryl methyl sites for hydroxylation is 1. The van der Waals surface area contributed by atoms with Crippen molar-refractivity contribution in [3.63, 3.8) is 0 Å². The fourth-order valence-electron chi connectivity index (χ4n) is 2.35. The molecule has 5 nitrogen and oxygen atoms in total. The van der Waals surface area contributed by atoms with Gasteiger partial charge in [-0.3, -0.25) is 4.79 Å². The number of carbonyl (C=O) groups excluding carboxylic acids is 1. The summed E-state index contributed by atoms with van der Waals surface area (Å²) in [5, 5.41) is 9.18. The molecule has 1 heterocycles. The van der Waals surface area contributed by atoms with Crippen molar-refractivity contribution in [2.24, 2.45) is 0 Å². The summed E-state index contributed by atoms with van der Waals surface area (Å²) in [6.45, 7) is 4.99. The highest BCUT2D eigenvalue weighted by Crippen LogP contribution is 2.22. The molecule has 1 aromatic rings. The minimum Gasteiger partial charge on any atom is -0.480 e. The van der Waals surface area contributed by atoms with Gasteiger partial charge in [0, 0.05) is 13.1 Å². The summed E-state index contributed by atoms with van der Waals surface area (Å²) in [7, 11) is 0. The molecule has 0 saturated carbocycles. The number of rotatable bonds is 4. The zero-order chi connectivity index (χ0) is 14.7. The van der Waals surface area contributed by atoms with Gasteiger partial charge < -0.3 is 14.7 Å². The van der Waals surface area contributed by atoms with Gasteiger partial charge in [0.2, 0.25) is 0 Å². The number of carboxylic acids is 1. The Morgan fingerprint density at radius 3 is 2.55 bits per heavy atom. The predicted octanol–water partition coefficient (Wildman–Crippen LogP) is 2.08. The van der Waals surface area contributed by atoms with Gasteiger partial charge in [0.25, 0.3) is 5.91 Å².